The molecule has 2 aliphatic rings. The number of rotatable bonds is 5. The molecule has 1 amide bonds. The van der Waals surface area contributed by atoms with Crippen molar-refractivity contribution in [3.63, 3.8) is 0 Å². The third kappa shape index (κ3) is 4.28. The van der Waals surface area contributed by atoms with Gasteiger partial charge in [0, 0.05) is 37.4 Å². The molecule has 31 heavy (non-hydrogen) atoms. The predicted molar refractivity (Wildman–Crippen MR) is 119 cm³/mol. The first-order valence-electron chi connectivity index (χ1n) is 10.7. The predicted octanol–water partition coefficient (Wildman–Crippen LogP) is 4.44. The molecule has 0 atom stereocenters. The van der Waals surface area contributed by atoms with E-state index in [1.807, 2.05) is 23.1 Å². The minimum Gasteiger partial charge on any atom is -0.486 e. The van der Waals surface area contributed by atoms with Gasteiger partial charge in [-0.15, -0.1) is 11.3 Å². The van der Waals surface area contributed by atoms with Crippen LogP contribution in [0.25, 0.3) is 10.2 Å². The zero-order chi connectivity index (χ0) is 21.2. The third-order valence-electron chi connectivity index (χ3n) is 5.94. The topological polar surface area (TPSA) is 68.7 Å². The van der Waals surface area contributed by atoms with Crippen LogP contribution in [0, 0.1) is 0 Å². The Morgan fingerprint density at radius 2 is 1.77 bits per heavy atom. The number of thiazole rings is 1. The van der Waals surface area contributed by atoms with E-state index in [0.29, 0.717) is 36.2 Å². The lowest BCUT2D eigenvalue weighted by molar-refractivity contribution is -0.132. The highest BCUT2D eigenvalue weighted by Crippen LogP contribution is 2.34. The molecule has 160 valence electrons. The van der Waals surface area contributed by atoms with Crippen LogP contribution in [0.3, 0.4) is 0 Å². The van der Waals surface area contributed by atoms with Gasteiger partial charge < -0.3 is 14.4 Å². The zero-order valence-electron chi connectivity index (χ0n) is 17.2. The van der Waals surface area contributed by atoms with Gasteiger partial charge in [0.05, 0.1) is 15.2 Å². The highest BCUT2D eigenvalue weighted by Gasteiger charge is 2.26. The largest absolute Gasteiger partial charge is 0.486 e. The second-order valence-corrected chi connectivity index (χ2v) is 9.02. The van der Waals surface area contributed by atoms with E-state index < -0.39 is 0 Å². The number of amides is 1. The fourth-order valence-electron chi connectivity index (χ4n) is 4.18. The highest BCUT2D eigenvalue weighted by atomic mass is 32.1. The molecule has 0 radical (unpaired) electrons. The summed E-state index contributed by atoms with van der Waals surface area (Å²) in [5, 5.41) is 1.17. The van der Waals surface area contributed by atoms with Crippen molar-refractivity contribution in [1.29, 1.82) is 0 Å². The van der Waals surface area contributed by atoms with E-state index >= 15 is 0 Å². The Morgan fingerprint density at radius 3 is 2.58 bits per heavy atom. The number of nitrogens with zero attached hydrogens (tertiary/aromatic N) is 2. The fraction of sp³-hybridized carbons (Fsp3) is 0.375. The maximum atomic E-state index is 12.7. The molecule has 2 aromatic carbocycles. The average molecular weight is 437 g/mol. The van der Waals surface area contributed by atoms with Crippen molar-refractivity contribution in [3.05, 3.63) is 53.0 Å². The first-order valence-corrected chi connectivity index (χ1v) is 11.5. The van der Waals surface area contributed by atoms with Crippen molar-refractivity contribution in [2.75, 3.05) is 26.3 Å². The third-order valence-corrected chi connectivity index (χ3v) is 7.14. The number of likely N-dealkylation sites (tertiary alicyclic amines) is 1. The fourth-order valence-corrected chi connectivity index (χ4v) is 5.32. The van der Waals surface area contributed by atoms with E-state index in [2.05, 4.69) is 6.07 Å². The molecule has 3 aromatic rings. The number of fused-ring (bicyclic) bond motifs is 2. The molecule has 0 unspecified atom stereocenters. The Labute approximate surface area is 184 Å². The quantitative estimate of drug-likeness (QED) is 0.553. The summed E-state index contributed by atoms with van der Waals surface area (Å²) in [5.41, 5.74) is 1.62. The molecule has 3 heterocycles. The molecule has 0 spiro atoms. The Balaban J connectivity index is 1.13. The molecule has 1 fully saturated rings. The second kappa shape index (κ2) is 8.67. The number of Topliss-reactive ketones (excluding diaryl/α,β-unsaturated/α-hetero) is 1. The van der Waals surface area contributed by atoms with Gasteiger partial charge in [0.2, 0.25) is 5.91 Å². The summed E-state index contributed by atoms with van der Waals surface area (Å²) in [6, 6.07) is 13.4. The minimum atomic E-state index is -0.0466. The molecule has 7 heteroatoms. The van der Waals surface area contributed by atoms with Gasteiger partial charge in [-0.25, -0.2) is 4.98 Å². The van der Waals surface area contributed by atoms with Gasteiger partial charge in [-0.05, 0) is 43.2 Å². The van der Waals surface area contributed by atoms with E-state index in [-0.39, 0.29) is 24.5 Å². The summed E-state index contributed by atoms with van der Waals surface area (Å²) in [6.45, 7) is 2.44. The highest BCUT2D eigenvalue weighted by molar-refractivity contribution is 7.18. The van der Waals surface area contributed by atoms with E-state index in [1.165, 1.54) is 9.71 Å². The van der Waals surface area contributed by atoms with Crippen LogP contribution in [-0.2, 0) is 4.79 Å². The van der Waals surface area contributed by atoms with E-state index in [0.717, 1.165) is 31.4 Å². The van der Waals surface area contributed by atoms with Gasteiger partial charge in [0.1, 0.15) is 13.2 Å². The maximum absolute atomic E-state index is 12.7. The number of ether oxygens (including phenoxy) is 2. The number of piperidine rings is 1. The summed E-state index contributed by atoms with van der Waals surface area (Å²) in [5.74, 6) is 1.67. The number of ketones is 1. The SMILES string of the molecule is O=C(CCC(=O)N1CCC(c2nc3ccccc3s2)CC1)c1ccc2c(c1)OCCO2. The zero-order valence-corrected chi connectivity index (χ0v) is 18.0. The normalized spacial score (nSPS) is 16.5. The molecular formula is C24H24N2O4S. The number of carbonyl (C=O) groups is 2. The average Bonchev–Trinajstić information content (AvgIpc) is 3.26. The molecule has 6 nitrogen and oxygen atoms in total. The van der Waals surface area contributed by atoms with Gasteiger partial charge in [-0.1, -0.05) is 12.1 Å². The van der Waals surface area contributed by atoms with Crippen molar-refractivity contribution in [2.45, 2.75) is 31.6 Å². The van der Waals surface area contributed by atoms with Crippen molar-refractivity contribution < 1.29 is 19.1 Å². The van der Waals surface area contributed by atoms with Crippen LogP contribution in [0.1, 0.15) is 47.0 Å². The Morgan fingerprint density at radius 1 is 1.00 bits per heavy atom. The van der Waals surface area contributed by atoms with Crippen LogP contribution in [0.15, 0.2) is 42.5 Å². The summed E-state index contributed by atoms with van der Waals surface area (Å²) in [7, 11) is 0. The number of benzene rings is 2. The number of carbonyl (C=O) groups excluding carboxylic acids is 2. The molecule has 0 aliphatic carbocycles. The lowest BCUT2D eigenvalue weighted by Crippen LogP contribution is -2.38. The maximum Gasteiger partial charge on any atom is 0.223 e. The second-order valence-electron chi connectivity index (χ2n) is 7.96. The summed E-state index contributed by atoms with van der Waals surface area (Å²) < 4.78 is 12.3. The molecule has 1 saturated heterocycles. The smallest absolute Gasteiger partial charge is 0.223 e. The van der Waals surface area contributed by atoms with Gasteiger partial charge in [0.25, 0.3) is 0 Å². The van der Waals surface area contributed by atoms with Gasteiger partial charge in [0.15, 0.2) is 17.3 Å². The summed E-state index contributed by atoms with van der Waals surface area (Å²) in [6.07, 6.45) is 2.28. The number of hydrogen-bond donors (Lipinski definition) is 0. The first-order chi connectivity index (χ1) is 15.2. The van der Waals surface area contributed by atoms with Crippen LogP contribution in [0.2, 0.25) is 0 Å². The standard InChI is InChI=1S/C24H24N2O4S/c27-19(17-5-7-20-21(15-17)30-14-13-29-20)6-8-23(28)26-11-9-16(10-12-26)24-25-18-3-1-2-4-22(18)31-24/h1-5,7,15-16H,6,8-14H2. The Kier molecular flexibility index (Phi) is 5.59. The first kappa shape index (κ1) is 20.0. The van der Waals surface area contributed by atoms with Crippen LogP contribution < -0.4 is 9.47 Å². The number of para-hydroxylation sites is 1. The van der Waals surface area contributed by atoms with Gasteiger partial charge >= 0.3 is 0 Å². The monoisotopic (exact) mass is 436 g/mol. The molecule has 0 bridgehead atoms. The van der Waals surface area contributed by atoms with Crippen LogP contribution in [0.4, 0.5) is 0 Å². The van der Waals surface area contributed by atoms with Gasteiger partial charge in [-0.2, -0.15) is 0 Å². The van der Waals surface area contributed by atoms with Crippen LogP contribution >= 0.6 is 11.3 Å². The minimum absolute atomic E-state index is 0.0466. The van der Waals surface area contributed by atoms with Crippen molar-refractivity contribution >= 4 is 33.2 Å². The summed E-state index contributed by atoms with van der Waals surface area (Å²) in [4.78, 5) is 31.9. The van der Waals surface area contributed by atoms with E-state index in [1.54, 1.807) is 29.5 Å². The lowest BCUT2D eigenvalue weighted by atomic mass is 9.97. The molecule has 2 aliphatic heterocycles. The van der Waals surface area contributed by atoms with Crippen molar-refractivity contribution in [3.8, 4) is 11.5 Å². The van der Waals surface area contributed by atoms with Crippen LogP contribution in [0.5, 0.6) is 11.5 Å². The Bertz CT molecular complexity index is 1080. The summed E-state index contributed by atoms with van der Waals surface area (Å²) >= 11 is 1.76. The molecular weight excluding hydrogens is 412 g/mol. The van der Waals surface area contributed by atoms with Gasteiger partial charge in [-0.3, -0.25) is 9.59 Å². The van der Waals surface area contributed by atoms with Crippen molar-refractivity contribution in [2.24, 2.45) is 0 Å². The van der Waals surface area contributed by atoms with E-state index in [9.17, 15) is 9.59 Å². The molecule has 0 N–H and O–H groups in total. The lowest BCUT2D eigenvalue weighted by Gasteiger charge is -2.31. The molecule has 1 aromatic heterocycles. The number of hydrogen-bond acceptors (Lipinski definition) is 6. The Hall–Kier alpha value is -2.93. The number of aromatic nitrogens is 1. The van der Waals surface area contributed by atoms with Crippen LogP contribution in [-0.4, -0.2) is 47.9 Å². The van der Waals surface area contributed by atoms with E-state index in [4.69, 9.17) is 14.5 Å². The molecule has 0 saturated carbocycles. The molecule has 5 rings (SSSR count). The van der Waals surface area contributed by atoms with Crippen molar-refractivity contribution in [1.82, 2.24) is 9.88 Å².